The molecule has 0 fully saturated rings. The van der Waals surface area contributed by atoms with Crippen LogP contribution in [-0.4, -0.2) is 32.0 Å². The fourth-order valence-corrected chi connectivity index (χ4v) is 4.19. The largest absolute Gasteiger partial charge is 0.471 e. The highest BCUT2D eigenvalue weighted by molar-refractivity contribution is 7.91. The molecular weight excluding hydrogens is 447 g/mol. The Morgan fingerprint density at radius 1 is 0.938 bits per heavy atom. The lowest BCUT2D eigenvalue weighted by molar-refractivity contribution is -0.175. The van der Waals surface area contributed by atoms with E-state index in [9.17, 15) is 31.2 Å². The van der Waals surface area contributed by atoms with Crippen LogP contribution in [0.3, 0.4) is 0 Å². The van der Waals surface area contributed by atoms with Crippen LogP contribution < -0.4 is 10.1 Å². The quantitative estimate of drug-likeness (QED) is 0.460. The van der Waals surface area contributed by atoms with Gasteiger partial charge in [-0.05, 0) is 68.7 Å². The minimum absolute atomic E-state index is 0.00156. The molecule has 0 aliphatic carbocycles. The maximum absolute atomic E-state index is 12.8. The highest BCUT2D eigenvalue weighted by Gasteiger charge is 2.41. The maximum Gasteiger partial charge on any atom is 0.471 e. The summed E-state index contributed by atoms with van der Waals surface area (Å²) in [5.74, 6) is -2.21. The van der Waals surface area contributed by atoms with Crippen molar-refractivity contribution >= 4 is 21.7 Å². The molecule has 32 heavy (non-hydrogen) atoms. The van der Waals surface area contributed by atoms with E-state index in [-0.39, 0.29) is 28.4 Å². The highest BCUT2D eigenvalue weighted by Crippen LogP contribution is 2.25. The van der Waals surface area contributed by atoms with E-state index in [1.165, 1.54) is 62.4 Å². The molecule has 6 nitrogen and oxygen atoms in total. The monoisotopic (exact) mass is 471 g/mol. The first-order chi connectivity index (χ1) is 14.7. The molecule has 1 amide bonds. The van der Waals surface area contributed by atoms with Crippen molar-refractivity contribution in [3.8, 4) is 5.75 Å². The molecule has 0 unspecified atom stereocenters. The number of hydrogen-bond donors (Lipinski definition) is 1. The molecule has 0 aliphatic rings. The second kappa shape index (κ2) is 9.72. The first-order valence-corrected chi connectivity index (χ1v) is 11.3. The van der Waals surface area contributed by atoms with Gasteiger partial charge >= 0.3 is 18.1 Å². The zero-order valence-corrected chi connectivity index (χ0v) is 18.6. The fraction of sp³-hybridized carbons (Fsp3) is 0.364. The third-order valence-corrected chi connectivity index (χ3v) is 6.19. The lowest BCUT2D eigenvalue weighted by Crippen LogP contribution is -2.50. The van der Waals surface area contributed by atoms with Crippen LogP contribution in [-0.2, 0) is 25.8 Å². The van der Waals surface area contributed by atoms with E-state index >= 15 is 0 Å². The molecule has 0 saturated heterocycles. The van der Waals surface area contributed by atoms with Gasteiger partial charge in [0.15, 0.2) is 0 Å². The first-order valence-electron chi connectivity index (χ1n) is 9.79. The van der Waals surface area contributed by atoms with Gasteiger partial charge in [-0.2, -0.15) is 13.2 Å². The second-order valence-corrected chi connectivity index (χ2v) is 9.81. The predicted molar refractivity (Wildman–Crippen MR) is 111 cm³/mol. The summed E-state index contributed by atoms with van der Waals surface area (Å²) in [6.07, 6.45) is -4.04. The van der Waals surface area contributed by atoms with Gasteiger partial charge < -0.3 is 10.1 Å². The number of amides is 1. The van der Waals surface area contributed by atoms with Gasteiger partial charge in [0.1, 0.15) is 5.75 Å². The minimum atomic E-state index is -4.99. The molecule has 0 saturated carbocycles. The number of rotatable bonds is 8. The summed E-state index contributed by atoms with van der Waals surface area (Å²) in [6, 6.07) is 11.1. The van der Waals surface area contributed by atoms with Crippen molar-refractivity contribution < 1.29 is 35.9 Å². The number of alkyl halides is 3. The van der Waals surface area contributed by atoms with E-state index in [0.29, 0.717) is 12.0 Å². The minimum Gasteiger partial charge on any atom is -0.427 e. The number of carbonyl (C=O) groups is 2. The van der Waals surface area contributed by atoms with Crippen LogP contribution in [0.15, 0.2) is 58.3 Å². The molecule has 0 atom stereocenters. The third-order valence-electron chi connectivity index (χ3n) is 4.41. The van der Waals surface area contributed by atoms with Crippen LogP contribution >= 0.6 is 0 Å². The van der Waals surface area contributed by atoms with Crippen LogP contribution in [0.4, 0.5) is 13.2 Å². The lowest BCUT2D eigenvalue weighted by Gasteiger charge is -2.27. The zero-order chi connectivity index (χ0) is 24.2. The van der Waals surface area contributed by atoms with E-state index in [1.54, 1.807) is 0 Å². The fourth-order valence-electron chi connectivity index (χ4n) is 2.93. The average Bonchev–Trinajstić information content (AvgIpc) is 2.67. The summed E-state index contributed by atoms with van der Waals surface area (Å²) < 4.78 is 68.2. The van der Waals surface area contributed by atoms with Crippen molar-refractivity contribution in [3.63, 3.8) is 0 Å². The van der Waals surface area contributed by atoms with E-state index in [2.05, 4.69) is 0 Å². The van der Waals surface area contributed by atoms with Crippen LogP contribution in [0.1, 0.15) is 39.2 Å². The van der Waals surface area contributed by atoms with Crippen molar-refractivity contribution in [2.24, 2.45) is 0 Å². The van der Waals surface area contributed by atoms with Gasteiger partial charge in [0, 0.05) is 12.0 Å². The number of halogens is 3. The van der Waals surface area contributed by atoms with E-state index < -0.39 is 33.4 Å². The number of esters is 1. The summed E-state index contributed by atoms with van der Waals surface area (Å²) in [5.41, 5.74) is -0.646. The lowest BCUT2D eigenvalue weighted by atomic mass is 9.95. The van der Waals surface area contributed by atoms with Gasteiger partial charge in [-0.1, -0.05) is 19.1 Å². The Morgan fingerprint density at radius 2 is 1.44 bits per heavy atom. The smallest absolute Gasteiger partial charge is 0.427 e. The average molecular weight is 471 g/mol. The van der Waals surface area contributed by atoms with Gasteiger partial charge in [0.05, 0.1) is 9.79 Å². The molecule has 2 aromatic carbocycles. The number of ether oxygens (including phenoxy) is 1. The third kappa shape index (κ3) is 6.81. The van der Waals surface area contributed by atoms with Crippen LogP contribution in [0.25, 0.3) is 0 Å². The van der Waals surface area contributed by atoms with Crippen molar-refractivity contribution in [3.05, 3.63) is 54.1 Å². The van der Waals surface area contributed by atoms with E-state index in [1.807, 2.05) is 12.2 Å². The molecule has 2 rings (SSSR count). The molecule has 0 aromatic heterocycles. The Labute approximate surface area is 184 Å². The summed E-state index contributed by atoms with van der Waals surface area (Å²) in [7, 11) is -3.85. The molecule has 0 aliphatic heterocycles. The zero-order valence-electron chi connectivity index (χ0n) is 17.8. The molecule has 0 spiro atoms. The summed E-state index contributed by atoms with van der Waals surface area (Å²) >= 11 is 0. The predicted octanol–water partition coefficient (Wildman–Crippen LogP) is 4.22. The summed E-state index contributed by atoms with van der Waals surface area (Å²) in [5, 5.41) is 1.92. The first kappa shape index (κ1) is 25.4. The Balaban J connectivity index is 2.12. The summed E-state index contributed by atoms with van der Waals surface area (Å²) in [6.45, 7) is 4.72. The molecule has 2 aromatic rings. The topological polar surface area (TPSA) is 89.5 Å². The second-order valence-electron chi connectivity index (χ2n) is 7.86. The van der Waals surface area contributed by atoms with Crippen molar-refractivity contribution in [1.82, 2.24) is 5.32 Å². The Kier molecular flexibility index (Phi) is 7.71. The maximum atomic E-state index is 12.8. The van der Waals surface area contributed by atoms with Gasteiger partial charge in [-0.25, -0.2) is 8.42 Å². The molecule has 1 N–H and O–H groups in total. The van der Waals surface area contributed by atoms with Gasteiger partial charge in [0.2, 0.25) is 9.84 Å². The van der Waals surface area contributed by atoms with E-state index in [4.69, 9.17) is 4.74 Å². The van der Waals surface area contributed by atoms with Crippen molar-refractivity contribution in [1.29, 1.82) is 0 Å². The van der Waals surface area contributed by atoms with Crippen molar-refractivity contribution in [2.75, 3.05) is 0 Å². The molecular formula is C22H24F3NO5S. The van der Waals surface area contributed by atoms with Gasteiger partial charge in [-0.15, -0.1) is 0 Å². The van der Waals surface area contributed by atoms with Crippen LogP contribution in [0.5, 0.6) is 5.75 Å². The highest BCUT2D eigenvalue weighted by atomic mass is 32.2. The van der Waals surface area contributed by atoms with E-state index in [0.717, 1.165) is 0 Å². The van der Waals surface area contributed by atoms with Crippen LogP contribution in [0.2, 0.25) is 0 Å². The molecule has 0 bridgehead atoms. The molecule has 0 radical (unpaired) electrons. The Hall–Kier alpha value is -2.88. The van der Waals surface area contributed by atoms with Crippen molar-refractivity contribution in [2.45, 2.75) is 61.5 Å². The normalized spacial score (nSPS) is 12.3. The molecule has 0 heterocycles. The molecule has 10 heteroatoms. The number of benzene rings is 2. The molecule has 174 valence electrons. The SMILES string of the molecule is CCCC(=O)Oc1ccc(S(=O)(=O)c2ccc(CC(C)(C)NC(=O)C(F)(F)F)cc2)cc1. The van der Waals surface area contributed by atoms with Gasteiger partial charge in [-0.3, -0.25) is 9.59 Å². The number of sulfone groups is 1. The Morgan fingerprint density at radius 3 is 1.91 bits per heavy atom. The number of nitrogens with one attached hydrogen (secondary N) is 1. The number of carbonyl (C=O) groups excluding carboxylic acids is 2. The standard InChI is InChI=1S/C22H24F3NO5S/c1-4-5-19(27)31-16-8-12-18(13-9-16)32(29,30)17-10-6-15(7-11-17)14-21(2,3)26-20(28)22(23,24)25/h6-13H,4-5,14H2,1-3H3,(H,26,28). The van der Waals surface area contributed by atoms with Gasteiger partial charge in [0.25, 0.3) is 0 Å². The summed E-state index contributed by atoms with van der Waals surface area (Å²) in [4.78, 5) is 22.7. The number of hydrogen-bond acceptors (Lipinski definition) is 5. The van der Waals surface area contributed by atoms with Crippen LogP contribution in [0, 0.1) is 0 Å². The Bertz CT molecular complexity index is 1060.